The molecule has 19 heavy (non-hydrogen) atoms. The molecule has 1 fully saturated rings. The van der Waals surface area contributed by atoms with Gasteiger partial charge in [-0.1, -0.05) is 37.5 Å². The van der Waals surface area contributed by atoms with Crippen molar-refractivity contribution in [3.63, 3.8) is 0 Å². The summed E-state index contributed by atoms with van der Waals surface area (Å²) in [5.41, 5.74) is 2.27. The van der Waals surface area contributed by atoms with Gasteiger partial charge < -0.3 is 9.88 Å². The standard InChI is InChI=1S/C16H21N3/c1-3-7-14(8-4-1)17-11-15-12-19(13-18-15)16-9-5-2-6-10-16/h1,3-4,7-8,12-13,16-17H,2,5-6,9-11H2. The molecule has 0 bridgehead atoms. The Morgan fingerprint density at radius 2 is 1.89 bits per heavy atom. The van der Waals surface area contributed by atoms with Crippen molar-refractivity contribution in [3.05, 3.63) is 48.5 Å². The summed E-state index contributed by atoms with van der Waals surface area (Å²) in [4.78, 5) is 4.51. The van der Waals surface area contributed by atoms with Gasteiger partial charge >= 0.3 is 0 Å². The number of nitrogens with one attached hydrogen (secondary N) is 1. The number of para-hydroxylation sites is 1. The van der Waals surface area contributed by atoms with Crippen molar-refractivity contribution in [2.45, 2.75) is 44.7 Å². The summed E-state index contributed by atoms with van der Waals surface area (Å²) >= 11 is 0. The molecule has 1 aromatic carbocycles. The van der Waals surface area contributed by atoms with Crippen molar-refractivity contribution in [2.75, 3.05) is 5.32 Å². The molecule has 0 atom stereocenters. The molecular weight excluding hydrogens is 234 g/mol. The molecule has 3 nitrogen and oxygen atoms in total. The van der Waals surface area contributed by atoms with Crippen LogP contribution in [0.1, 0.15) is 43.8 Å². The molecule has 3 rings (SSSR count). The summed E-state index contributed by atoms with van der Waals surface area (Å²) in [7, 11) is 0. The zero-order valence-corrected chi connectivity index (χ0v) is 11.3. The number of hydrogen-bond donors (Lipinski definition) is 1. The molecule has 0 saturated heterocycles. The monoisotopic (exact) mass is 255 g/mol. The van der Waals surface area contributed by atoms with Gasteiger partial charge in [-0.25, -0.2) is 4.98 Å². The molecule has 1 aromatic heterocycles. The summed E-state index contributed by atoms with van der Waals surface area (Å²) in [6, 6.07) is 11.0. The van der Waals surface area contributed by atoms with Crippen molar-refractivity contribution >= 4 is 5.69 Å². The third kappa shape index (κ3) is 3.16. The van der Waals surface area contributed by atoms with Crippen molar-refractivity contribution in [3.8, 4) is 0 Å². The van der Waals surface area contributed by atoms with Crippen molar-refractivity contribution in [1.82, 2.24) is 9.55 Å². The third-order valence-corrected chi connectivity index (χ3v) is 3.90. The third-order valence-electron chi connectivity index (χ3n) is 3.90. The summed E-state index contributed by atoms with van der Waals surface area (Å²) in [6.45, 7) is 0.795. The quantitative estimate of drug-likeness (QED) is 0.895. The first kappa shape index (κ1) is 12.3. The van der Waals surface area contributed by atoms with E-state index in [1.165, 1.54) is 32.1 Å². The normalized spacial score (nSPS) is 16.4. The van der Waals surface area contributed by atoms with E-state index in [1.807, 2.05) is 24.5 Å². The SMILES string of the molecule is c1ccc(NCc2cn(C3CCCCC3)cn2)cc1. The molecule has 1 heterocycles. The number of hydrogen-bond acceptors (Lipinski definition) is 2. The van der Waals surface area contributed by atoms with E-state index < -0.39 is 0 Å². The van der Waals surface area contributed by atoms with Crippen molar-refractivity contribution in [1.29, 1.82) is 0 Å². The maximum absolute atomic E-state index is 4.51. The van der Waals surface area contributed by atoms with Gasteiger partial charge in [-0.15, -0.1) is 0 Å². The number of anilines is 1. The second kappa shape index (κ2) is 5.91. The maximum atomic E-state index is 4.51. The molecule has 1 saturated carbocycles. The lowest BCUT2D eigenvalue weighted by Crippen LogP contribution is -2.10. The first-order chi connectivity index (χ1) is 9.42. The average Bonchev–Trinajstić information content (AvgIpc) is 2.96. The molecule has 0 unspecified atom stereocenters. The van der Waals surface area contributed by atoms with Gasteiger partial charge in [0.1, 0.15) is 0 Å². The molecule has 2 aromatic rings. The van der Waals surface area contributed by atoms with Crippen LogP contribution in [0.4, 0.5) is 5.69 Å². The van der Waals surface area contributed by atoms with Crippen molar-refractivity contribution in [2.24, 2.45) is 0 Å². The highest BCUT2D eigenvalue weighted by atomic mass is 15.1. The van der Waals surface area contributed by atoms with Crippen LogP contribution >= 0.6 is 0 Å². The Kier molecular flexibility index (Phi) is 3.82. The van der Waals surface area contributed by atoms with Crippen LogP contribution in [-0.4, -0.2) is 9.55 Å². The van der Waals surface area contributed by atoms with Gasteiger partial charge in [0.2, 0.25) is 0 Å². The molecule has 1 aliphatic rings. The fraction of sp³-hybridized carbons (Fsp3) is 0.438. The highest BCUT2D eigenvalue weighted by Gasteiger charge is 2.15. The fourth-order valence-electron chi connectivity index (χ4n) is 2.80. The Labute approximate surface area is 114 Å². The van der Waals surface area contributed by atoms with Crippen LogP contribution < -0.4 is 5.32 Å². The van der Waals surface area contributed by atoms with E-state index in [9.17, 15) is 0 Å². The number of imidazole rings is 1. The summed E-state index contributed by atoms with van der Waals surface area (Å²) in [5, 5.41) is 3.40. The van der Waals surface area contributed by atoms with Crippen LogP contribution in [0, 0.1) is 0 Å². The summed E-state index contributed by atoms with van der Waals surface area (Å²) in [5.74, 6) is 0. The second-order valence-corrected chi connectivity index (χ2v) is 5.32. The minimum atomic E-state index is 0.673. The van der Waals surface area contributed by atoms with E-state index in [2.05, 4.69) is 33.2 Å². The number of nitrogens with zero attached hydrogens (tertiary/aromatic N) is 2. The lowest BCUT2D eigenvalue weighted by molar-refractivity contribution is 0.353. The largest absolute Gasteiger partial charge is 0.379 e. The van der Waals surface area contributed by atoms with Crippen LogP contribution in [0.5, 0.6) is 0 Å². The lowest BCUT2D eigenvalue weighted by Gasteiger charge is -2.22. The Balaban J connectivity index is 1.58. The number of benzene rings is 1. The summed E-state index contributed by atoms with van der Waals surface area (Å²) in [6.07, 6.45) is 10.9. The first-order valence-corrected chi connectivity index (χ1v) is 7.23. The molecule has 100 valence electrons. The highest BCUT2D eigenvalue weighted by Crippen LogP contribution is 2.27. The second-order valence-electron chi connectivity index (χ2n) is 5.32. The Morgan fingerprint density at radius 3 is 2.68 bits per heavy atom. The molecule has 0 amide bonds. The van der Waals surface area contributed by atoms with E-state index in [0.717, 1.165) is 17.9 Å². The Hall–Kier alpha value is -1.77. The Bertz CT molecular complexity index is 498. The highest BCUT2D eigenvalue weighted by molar-refractivity contribution is 5.42. The zero-order valence-electron chi connectivity index (χ0n) is 11.3. The average molecular weight is 255 g/mol. The topological polar surface area (TPSA) is 29.9 Å². The predicted molar refractivity (Wildman–Crippen MR) is 78.1 cm³/mol. The van der Waals surface area contributed by atoms with Crippen LogP contribution in [0.3, 0.4) is 0 Å². The van der Waals surface area contributed by atoms with Gasteiger partial charge in [0.25, 0.3) is 0 Å². The number of aromatic nitrogens is 2. The smallest absolute Gasteiger partial charge is 0.0952 e. The van der Waals surface area contributed by atoms with Gasteiger partial charge in [-0.2, -0.15) is 0 Å². The van der Waals surface area contributed by atoms with Gasteiger partial charge in [0.05, 0.1) is 18.6 Å². The van der Waals surface area contributed by atoms with Gasteiger partial charge in [-0.05, 0) is 25.0 Å². The predicted octanol–water partition coefficient (Wildman–Crippen LogP) is 4.00. The number of rotatable bonds is 4. The minimum Gasteiger partial charge on any atom is -0.379 e. The van der Waals surface area contributed by atoms with E-state index in [0.29, 0.717) is 6.04 Å². The van der Waals surface area contributed by atoms with E-state index in [-0.39, 0.29) is 0 Å². The molecule has 0 spiro atoms. The minimum absolute atomic E-state index is 0.673. The van der Waals surface area contributed by atoms with Gasteiger partial charge in [0, 0.05) is 17.9 Å². The summed E-state index contributed by atoms with van der Waals surface area (Å²) < 4.78 is 2.31. The molecule has 3 heteroatoms. The van der Waals surface area contributed by atoms with Crippen LogP contribution in [0.25, 0.3) is 0 Å². The molecule has 1 aliphatic carbocycles. The fourth-order valence-corrected chi connectivity index (χ4v) is 2.80. The van der Waals surface area contributed by atoms with Crippen LogP contribution in [0.2, 0.25) is 0 Å². The molecule has 0 radical (unpaired) electrons. The van der Waals surface area contributed by atoms with Gasteiger partial charge in [-0.3, -0.25) is 0 Å². The van der Waals surface area contributed by atoms with E-state index in [1.54, 1.807) is 0 Å². The van der Waals surface area contributed by atoms with Crippen LogP contribution in [0.15, 0.2) is 42.9 Å². The Morgan fingerprint density at radius 1 is 1.11 bits per heavy atom. The maximum Gasteiger partial charge on any atom is 0.0952 e. The molecule has 0 aliphatic heterocycles. The molecule has 1 N–H and O–H groups in total. The first-order valence-electron chi connectivity index (χ1n) is 7.23. The van der Waals surface area contributed by atoms with Gasteiger partial charge in [0.15, 0.2) is 0 Å². The van der Waals surface area contributed by atoms with E-state index >= 15 is 0 Å². The van der Waals surface area contributed by atoms with Crippen LogP contribution in [-0.2, 0) is 6.54 Å². The molecular formula is C16H21N3. The lowest BCUT2D eigenvalue weighted by atomic mass is 9.95. The van der Waals surface area contributed by atoms with E-state index in [4.69, 9.17) is 0 Å². The van der Waals surface area contributed by atoms with Crippen molar-refractivity contribution < 1.29 is 0 Å². The zero-order chi connectivity index (χ0) is 12.9.